The largest absolute Gasteiger partial charge is 0.378 e. The average Bonchev–Trinajstić information content (AvgIpc) is 3.43. The molecule has 158 valence electrons. The summed E-state index contributed by atoms with van der Waals surface area (Å²) in [5.74, 6) is 1.74. The molecular weight excluding hydrogens is 358 g/mol. The number of likely N-dealkylation sites (N-methyl/N-ethyl adjacent to an activating group) is 1. The Bertz CT molecular complexity index is 554. The van der Waals surface area contributed by atoms with Crippen LogP contribution in [0.3, 0.4) is 0 Å². The van der Waals surface area contributed by atoms with Gasteiger partial charge in [0, 0.05) is 31.5 Å². The number of carbonyl (C=O) groups is 1. The van der Waals surface area contributed by atoms with E-state index in [1.165, 1.54) is 0 Å². The van der Waals surface area contributed by atoms with Crippen LogP contribution >= 0.6 is 0 Å². The van der Waals surface area contributed by atoms with E-state index in [4.69, 9.17) is 9.57 Å². The Morgan fingerprint density at radius 3 is 2.43 bits per heavy atom. The Morgan fingerprint density at radius 2 is 1.82 bits per heavy atom. The molecule has 0 aromatic carbocycles. The Kier molecular flexibility index (Phi) is 5.60. The predicted octanol–water partition coefficient (Wildman–Crippen LogP) is 0.0679. The van der Waals surface area contributed by atoms with E-state index in [1.54, 1.807) is 0 Å². The van der Waals surface area contributed by atoms with Crippen molar-refractivity contribution in [3.8, 4) is 0 Å². The molecule has 4 atom stereocenters. The highest BCUT2D eigenvalue weighted by molar-refractivity contribution is 5.81. The first-order valence-corrected chi connectivity index (χ1v) is 11.2. The lowest BCUT2D eigenvalue weighted by molar-refractivity contribution is -0.134. The zero-order valence-electron chi connectivity index (χ0n) is 16.9. The maximum Gasteiger partial charge on any atom is 0.225 e. The van der Waals surface area contributed by atoms with E-state index in [1.807, 2.05) is 0 Å². The summed E-state index contributed by atoms with van der Waals surface area (Å²) in [5.41, 5.74) is 3.25. The number of nitrogens with one attached hydrogen (secondary N) is 3. The molecule has 0 aromatic heterocycles. The summed E-state index contributed by atoms with van der Waals surface area (Å²) >= 11 is 0. The molecule has 4 aliphatic heterocycles. The molecule has 0 radical (unpaired) electrons. The van der Waals surface area contributed by atoms with Gasteiger partial charge in [-0.15, -0.1) is 0 Å². The molecule has 0 aromatic rings. The second-order valence-electron chi connectivity index (χ2n) is 9.36. The van der Waals surface area contributed by atoms with Crippen molar-refractivity contribution in [3.63, 3.8) is 0 Å². The molecule has 1 amide bonds. The Balaban J connectivity index is 1.05. The van der Waals surface area contributed by atoms with Gasteiger partial charge in [-0.05, 0) is 51.5 Å². The molecule has 4 heterocycles. The lowest BCUT2D eigenvalue weighted by Crippen LogP contribution is -2.59. The molecule has 5 aliphatic rings. The lowest BCUT2D eigenvalue weighted by Gasteiger charge is -2.43. The summed E-state index contributed by atoms with van der Waals surface area (Å²) in [6.45, 7) is 4.50. The zero-order valence-corrected chi connectivity index (χ0v) is 16.9. The quantitative estimate of drug-likeness (QED) is 0.610. The third-order valence-electron chi connectivity index (χ3n) is 7.46. The van der Waals surface area contributed by atoms with Gasteiger partial charge in [0.1, 0.15) is 6.23 Å². The van der Waals surface area contributed by atoms with Crippen LogP contribution in [0.1, 0.15) is 38.5 Å². The number of likely N-dealkylation sites (tertiary alicyclic amines) is 1. The van der Waals surface area contributed by atoms with Gasteiger partial charge < -0.3 is 15.0 Å². The third kappa shape index (κ3) is 3.95. The number of hydrogen-bond donors (Lipinski definition) is 3. The van der Waals surface area contributed by atoms with Crippen LogP contribution in [-0.4, -0.2) is 80.2 Å². The van der Waals surface area contributed by atoms with Gasteiger partial charge in [0.05, 0.1) is 31.6 Å². The number of nitrogens with zero attached hydrogens (tertiary/aromatic N) is 2. The van der Waals surface area contributed by atoms with Gasteiger partial charge in [0.2, 0.25) is 5.91 Å². The molecule has 1 saturated carbocycles. The standard InChI is InChI=1S/C20H35N5O3/c1-24(16-11-27-12-16)17-5-4-15(10-21-17)19-22-18(23-28-19)13-6-8-25(9-7-13)20(26)14-2-3-14/h13-19,21-23H,2-12H2,1H3. The molecule has 4 saturated heterocycles. The highest BCUT2D eigenvalue weighted by atomic mass is 16.7. The molecular formula is C20H35N5O3. The summed E-state index contributed by atoms with van der Waals surface area (Å²) in [6.07, 6.45) is 7.33. The monoisotopic (exact) mass is 393 g/mol. The molecule has 5 rings (SSSR count). The smallest absolute Gasteiger partial charge is 0.225 e. The molecule has 0 bridgehead atoms. The molecule has 4 unspecified atom stereocenters. The van der Waals surface area contributed by atoms with Crippen molar-refractivity contribution < 1.29 is 14.4 Å². The molecule has 5 fully saturated rings. The minimum Gasteiger partial charge on any atom is -0.378 e. The highest BCUT2D eigenvalue weighted by Gasteiger charge is 2.41. The normalized spacial score (nSPS) is 38.0. The summed E-state index contributed by atoms with van der Waals surface area (Å²) in [7, 11) is 2.20. The van der Waals surface area contributed by atoms with Gasteiger partial charge >= 0.3 is 0 Å². The molecule has 0 spiro atoms. The number of amides is 1. The minimum atomic E-state index is 0.0712. The summed E-state index contributed by atoms with van der Waals surface area (Å²) in [5, 5.41) is 7.39. The Morgan fingerprint density at radius 1 is 1.04 bits per heavy atom. The first-order chi connectivity index (χ1) is 13.7. The highest BCUT2D eigenvalue weighted by Crippen LogP contribution is 2.33. The van der Waals surface area contributed by atoms with Crippen molar-refractivity contribution in [1.82, 2.24) is 25.9 Å². The number of hydrogen-bond acceptors (Lipinski definition) is 7. The zero-order chi connectivity index (χ0) is 19.1. The van der Waals surface area contributed by atoms with E-state index in [0.29, 0.717) is 35.9 Å². The second-order valence-corrected chi connectivity index (χ2v) is 9.36. The summed E-state index contributed by atoms with van der Waals surface area (Å²) < 4.78 is 5.32. The van der Waals surface area contributed by atoms with E-state index in [2.05, 4.69) is 33.0 Å². The molecule has 8 heteroatoms. The number of rotatable bonds is 5. The second kappa shape index (κ2) is 8.16. The third-order valence-corrected chi connectivity index (χ3v) is 7.46. The SMILES string of the molecule is CN(C1COC1)C1CCC(C2NC(C3CCN(C(=O)C4CC4)CC3)NO2)CN1. The fraction of sp³-hybridized carbons (Fsp3) is 0.950. The van der Waals surface area contributed by atoms with E-state index in [9.17, 15) is 4.79 Å². The van der Waals surface area contributed by atoms with Crippen molar-refractivity contribution >= 4 is 5.91 Å². The van der Waals surface area contributed by atoms with Crippen LogP contribution in [0.15, 0.2) is 0 Å². The van der Waals surface area contributed by atoms with E-state index < -0.39 is 0 Å². The van der Waals surface area contributed by atoms with E-state index in [0.717, 1.165) is 71.4 Å². The summed E-state index contributed by atoms with van der Waals surface area (Å²) in [6, 6.07) is 0.568. The minimum absolute atomic E-state index is 0.0712. The number of carbonyl (C=O) groups excluding carboxylic acids is 1. The lowest BCUT2D eigenvalue weighted by atomic mass is 9.92. The van der Waals surface area contributed by atoms with Crippen LogP contribution in [0.5, 0.6) is 0 Å². The van der Waals surface area contributed by atoms with Gasteiger partial charge in [0.25, 0.3) is 0 Å². The average molecular weight is 394 g/mol. The Hall–Kier alpha value is -0.770. The van der Waals surface area contributed by atoms with Crippen LogP contribution in [0.25, 0.3) is 0 Å². The molecule has 1 aliphatic carbocycles. The van der Waals surface area contributed by atoms with Crippen molar-refractivity contribution in [2.75, 3.05) is 39.9 Å². The molecule has 3 N–H and O–H groups in total. The first-order valence-electron chi connectivity index (χ1n) is 11.2. The van der Waals surface area contributed by atoms with Gasteiger partial charge in [-0.2, -0.15) is 5.48 Å². The van der Waals surface area contributed by atoms with Gasteiger partial charge in [-0.25, -0.2) is 0 Å². The maximum absolute atomic E-state index is 12.2. The Labute approximate surface area is 167 Å². The summed E-state index contributed by atoms with van der Waals surface area (Å²) in [4.78, 5) is 22.7. The van der Waals surface area contributed by atoms with Crippen LogP contribution in [0.2, 0.25) is 0 Å². The van der Waals surface area contributed by atoms with Gasteiger partial charge in [-0.3, -0.25) is 19.8 Å². The van der Waals surface area contributed by atoms with Crippen LogP contribution in [0.4, 0.5) is 0 Å². The first kappa shape index (κ1) is 19.2. The molecule has 28 heavy (non-hydrogen) atoms. The van der Waals surface area contributed by atoms with E-state index in [-0.39, 0.29) is 12.4 Å². The van der Waals surface area contributed by atoms with Crippen LogP contribution in [0, 0.1) is 17.8 Å². The van der Waals surface area contributed by atoms with Crippen molar-refractivity contribution in [2.24, 2.45) is 17.8 Å². The predicted molar refractivity (Wildman–Crippen MR) is 104 cm³/mol. The number of ether oxygens (including phenoxy) is 1. The maximum atomic E-state index is 12.2. The van der Waals surface area contributed by atoms with E-state index >= 15 is 0 Å². The van der Waals surface area contributed by atoms with Crippen molar-refractivity contribution in [3.05, 3.63) is 0 Å². The van der Waals surface area contributed by atoms with Gasteiger partial charge in [-0.1, -0.05) is 0 Å². The van der Waals surface area contributed by atoms with Crippen LogP contribution < -0.4 is 16.1 Å². The fourth-order valence-corrected chi connectivity index (χ4v) is 5.08. The topological polar surface area (TPSA) is 78.1 Å². The molecule has 8 nitrogen and oxygen atoms in total. The van der Waals surface area contributed by atoms with Crippen molar-refractivity contribution in [2.45, 2.75) is 63.1 Å². The van der Waals surface area contributed by atoms with Crippen molar-refractivity contribution in [1.29, 1.82) is 0 Å². The number of piperidine rings is 2. The van der Waals surface area contributed by atoms with Crippen LogP contribution in [-0.2, 0) is 14.4 Å². The number of hydroxylamine groups is 1. The van der Waals surface area contributed by atoms with Gasteiger partial charge in [0.15, 0.2) is 0 Å². The fourth-order valence-electron chi connectivity index (χ4n) is 5.08.